The zero-order valence-corrected chi connectivity index (χ0v) is 14.5. The summed E-state index contributed by atoms with van der Waals surface area (Å²) < 4.78 is 25.7. The monoisotopic (exact) mass is 363 g/mol. The number of sulfonamides is 1. The molecular formula is C16H17N3O5S. The normalized spacial score (nSPS) is 11.3. The molecule has 0 aliphatic heterocycles. The van der Waals surface area contributed by atoms with Crippen LogP contribution in [0.5, 0.6) is 0 Å². The van der Waals surface area contributed by atoms with Crippen LogP contribution in [0.2, 0.25) is 0 Å². The molecule has 0 radical (unpaired) electrons. The van der Waals surface area contributed by atoms with Crippen molar-refractivity contribution in [2.75, 3.05) is 18.9 Å². The number of anilines is 1. The largest absolute Gasteiger partial charge is 0.325 e. The second-order valence-corrected chi connectivity index (χ2v) is 7.47. The topological polar surface area (TPSA) is 110 Å². The van der Waals surface area contributed by atoms with Gasteiger partial charge in [-0.25, -0.2) is 8.42 Å². The van der Waals surface area contributed by atoms with Crippen LogP contribution in [-0.4, -0.2) is 37.1 Å². The maximum absolute atomic E-state index is 12.4. The number of rotatable bonds is 6. The van der Waals surface area contributed by atoms with Crippen molar-refractivity contribution in [2.45, 2.75) is 11.8 Å². The van der Waals surface area contributed by atoms with Gasteiger partial charge in [0.1, 0.15) is 0 Å². The first-order chi connectivity index (χ1) is 11.7. The summed E-state index contributed by atoms with van der Waals surface area (Å²) in [5, 5.41) is 13.2. The van der Waals surface area contributed by atoms with Crippen molar-refractivity contribution in [3.63, 3.8) is 0 Å². The highest BCUT2D eigenvalue weighted by Gasteiger charge is 2.23. The van der Waals surface area contributed by atoms with E-state index in [1.54, 1.807) is 12.1 Å². The molecular weight excluding hydrogens is 346 g/mol. The summed E-state index contributed by atoms with van der Waals surface area (Å²) in [7, 11) is -2.66. The maximum Gasteiger partial charge on any atom is 0.269 e. The number of carbonyl (C=O) groups excluding carboxylic acids is 1. The van der Waals surface area contributed by atoms with Gasteiger partial charge in [0.05, 0.1) is 16.4 Å². The van der Waals surface area contributed by atoms with E-state index in [4.69, 9.17) is 0 Å². The first kappa shape index (κ1) is 18.6. The highest BCUT2D eigenvalue weighted by Crippen LogP contribution is 2.18. The molecule has 2 aromatic rings. The van der Waals surface area contributed by atoms with Gasteiger partial charge in [-0.05, 0) is 31.2 Å². The molecule has 2 rings (SSSR count). The molecule has 0 aliphatic carbocycles. The van der Waals surface area contributed by atoms with E-state index >= 15 is 0 Å². The molecule has 0 aliphatic rings. The lowest BCUT2D eigenvalue weighted by Gasteiger charge is -2.17. The average molecular weight is 363 g/mol. The summed E-state index contributed by atoms with van der Waals surface area (Å²) in [4.78, 5) is 21.9. The van der Waals surface area contributed by atoms with Gasteiger partial charge in [0, 0.05) is 24.9 Å². The second-order valence-electron chi connectivity index (χ2n) is 5.43. The summed E-state index contributed by atoms with van der Waals surface area (Å²) in [6.07, 6.45) is 0. The summed E-state index contributed by atoms with van der Waals surface area (Å²) in [5.41, 5.74) is 1.39. The molecule has 0 fully saturated rings. The van der Waals surface area contributed by atoms with Crippen molar-refractivity contribution in [2.24, 2.45) is 0 Å². The highest BCUT2D eigenvalue weighted by atomic mass is 32.2. The van der Waals surface area contributed by atoms with Crippen molar-refractivity contribution in [1.29, 1.82) is 0 Å². The second kappa shape index (κ2) is 7.41. The quantitative estimate of drug-likeness (QED) is 0.625. The fourth-order valence-electron chi connectivity index (χ4n) is 2.04. The van der Waals surface area contributed by atoms with E-state index in [0.29, 0.717) is 5.69 Å². The Morgan fingerprint density at radius 2 is 1.68 bits per heavy atom. The zero-order chi connectivity index (χ0) is 18.6. The maximum atomic E-state index is 12.4. The third-order valence-corrected chi connectivity index (χ3v) is 5.27. The Morgan fingerprint density at radius 1 is 1.12 bits per heavy atom. The molecule has 0 atom stereocenters. The fourth-order valence-corrected chi connectivity index (χ4v) is 3.17. The van der Waals surface area contributed by atoms with E-state index in [-0.39, 0.29) is 17.1 Å². The first-order valence-corrected chi connectivity index (χ1v) is 8.71. The minimum absolute atomic E-state index is 0.122. The van der Waals surface area contributed by atoms with Crippen LogP contribution < -0.4 is 5.32 Å². The Balaban J connectivity index is 2.07. The van der Waals surface area contributed by atoms with E-state index in [2.05, 4.69) is 5.32 Å². The van der Waals surface area contributed by atoms with Crippen LogP contribution in [0.3, 0.4) is 0 Å². The molecule has 0 heterocycles. The van der Waals surface area contributed by atoms with Crippen molar-refractivity contribution < 1.29 is 18.1 Å². The number of carbonyl (C=O) groups is 1. The summed E-state index contributed by atoms with van der Waals surface area (Å²) in [5.74, 6) is -0.489. The fraction of sp³-hybridized carbons (Fsp3) is 0.188. The van der Waals surface area contributed by atoms with Gasteiger partial charge < -0.3 is 5.32 Å². The van der Waals surface area contributed by atoms with Gasteiger partial charge in [0.2, 0.25) is 15.9 Å². The molecule has 1 N–H and O–H groups in total. The lowest BCUT2D eigenvalue weighted by atomic mass is 10.2. The smallest absolute Gasteiger partial charge is 0.269 e. The lowest BCUT2D eigenvalue weighted by Crippen LogP contribution is -2.34. The Morgan fingerprint density at radius 3 is 2.20 bits per heavy atom. The molecule has 9 heteroatoms. The molecule has 8 nitrogen and oxygen atoms in total. The number of aryl methyl sites for hydroxylation is 1. The van der Waals surface area contributed by atoms with Crippen LogP contribution in [0.15, 0.2) is 53.4 Å². The van der Waals surface area contributed by atoms with E-state index in [1.807, 2.05) is 19.1 Å². The number of nitro groups is 1. The molecule has 0 spiro atoms. The average Bonchev–Trinajstić information content (AvgIpc) is 2.57. The molecule has 0 bridgehead atoms. The zero-order valence-electron chi connectivity index (χ0n) is 13.7. The van der Waals surface area contributed by atoms with Gasteiger partial charge in [-0.15, -0.1) is 0 Å². The van der Waals surface area contributed by atoms with Gasteiger partial charge >= 0.3 is 0 Å². The highest BCUT2D eigenvalue weighted by molar-refractivity contribution is 7.89. The summed E-state index contributed by atoms with van der Waals surface area (Å²) >= 11 is 0. The molecule has 132 valence electrons. The van der Waals surface area contributed by atoms with Crippen LogP contribution in [0.1, 0.15) is 5.56 Å². The number of amides is 1. The van der Waals surface area contributed by atoms with Crippen molar-refractivity contribution in [3.8, 4) is 0 Å². The Bertz CT molecular complexity index is 877. The Labute approximate surface area is 145 Å². The van der Waals surface area contributed by atoms with Gasteiger partial charge in [0.15, 0.2) is 0 Å². The number of nitro benzene ring substituents is 1. The van der Waals surface area contributed by atoms with Crippen LogP contribution in [0.4, 0.5) is 11.4 Å². The van der Waals surface area contributed by atoms with Gasteiger partial charge in [-0.2, -0.15) is 4.31 Å². The third-order valence-electron chi connectivity index (χ3n) is 3.46. The van der Waals surface area contributed by atoms with Crippen LogP contribution in [-0.2, 0) is 14.8 Å². The number of likely N-dealkylation sites (N-methyl/N-ethyl adjacent to an activating group) is 1. The molecule has 0 aromatic heterocycles. The van der Waals surface area contributed by atoms with E-state index < -0.39 is 20.9 Å². The van der Waals surface area contributed by atoms with Gasteiger partial charge in [-0.3, -0.25) is 14.9 Å². The predicted molar refractivity (Wildman–Crippen MR) is 92.7 cm³/mol. The van der Waals surface area contributed by atoms with Gasteiger partial charge in [0.25, 0.3) is 5.69 Å². The van der Waals surface area contributed by atoms with Gasteiger partial charge in [-0.1, -0.05) is 17.7 Å². The van der Waals surface area contributed by atoms with Crippen molar-refractivity contribution >= 4 is 27.3 Å². The van der Waals surface area contributed by atoms with E-state index in [9.17, 15) is 23.3 Å². The lowest BCUT2D eigenvalue weighted by molar-refractivity contribution is -0.384. The van der Waals surface area contributed by atoms with Crippen LogP contribution in [0.25, 0.3) is 0 Å². The number of benzene rings is 2. The molecule has 1 amide bonds. The number of nitrogens with one attached hydrogen (secondary N) is 1. The molecule has 2 aromatic carbocycles. The van der Waals surface area contributed by atoms with Crippen LogP contribution in [0, 0.1) is 17.0 Å². The van der Waals surface area contributed by atoms with Crippen LogP contribution >= 0.6 is 0 Å². The number of hydrogen-bond acceptors (Lipinski definition) is 5. The standard InChI is InChI=1S/C16H17N3O5S/c1-12-3-5-13(6-4-12)17-16(20)11-18(2)25(23,24)15-9-7-14(8-10-15)19(21)22/h3-10H,11H2,1-2H3,(H,17,20). The predicted octanol–water partition coefficient (Wildman–Crippen LogP) is 2.16. The van der Waals surface area contributed by atoms with E-state index in [0.717, 1.165) is 34.1 Å². The number of hydrogen-bond donors (Lipinski definition) is 1. The first-order valence-electron chi connectivity index (χ1n) is 7.27. The molecule has 0 saturated heterocycles. The molecule has 25 heavy (non-hydrogen) atoms. The van der Waals surface area contributed by atoms with Crippen molar-refractivity contribution in [1.82, 2.24) is 4.31 Å². The van der Waals surface area contributed by atoms with Crippen molar-refractivity contribution in [3.05, 3.63) is 64.2 Å². The minimum Gasteiger partial charge on any atom is -0.325 e. The Hall–Kier alpha value is -2.78. The molecule has 0 saturated carbocycles. The summed E-state index contributed by atoms with van der Waals surface area (Å²) in [6, 6.07) is 11.6. The Kier molecular flexibility index (Phi) is 5.50. The third kappa shape index (κ3) is 4.61. The van der Waals surface area contributed by atoms with E-state index in [1.165, 1.54) is 7.05 Å². The summed E-state index contributed by atoms with van der Waals surface area (Å²) in [6.45, 7) is 1.53. The minimum atomic E-state index is -3.93. The molecule has 0 unspecified atom stereocenters. The number of non-ortho nitro benzene ring substituents is 1. The number of nitrogens with zero attached hydrogens (tertiary/aromatic N) is 2. The SMILES string of the molecule is Cc1ccc(NC(=O)CN(C)S(=O)(=O)c2ccc([N+](=O)[O-])cc2)cc1.